The second-order valence-electron chi connectivity index (χ2n) is 7.97. The van der Waals surface area contributed by atoms with E-state index in [4.69, 9.17) is 0 Å². The van der Waals surface area contributed by atoms with Gasteiger partial charge in [-0.05, 0) is 31.6 Å². The molecule has 0 aliphatic heterocycles. The first-order valence-corrected chi connectivity index (χ1v) is 11.5. The molecule has 0 heterocycles. The molecule has 0 rings (SSSR count). The van der Waals surface area contributed by atoms with Crippen molar-refractivity contribution < 1.29 is 0 Å². The number of hydrogen-bond acceptors (Lipinski definition) is 0. The first kappa shape index (κ1) is 23.7. The molecule has 0 fully saturated rings. The third-order valence-electron chi connectivity index (χ3n) is 5.26. The highest BCUT2D eigenvalue weighted by atomic mass is 14.1. The maximum Gasteiger partial charge on any atom is -0.0351 e. The van der Waals surface area contributed by atoms with E-state index in [1.54, 1.807) is 0 Å². The molecule has 0 aromatic rings. The lowest BCUT2D eigenvalue weighted by atomic mass is 9.96. The SMILES string of the molecule is CCCCCCCCC=CCCCCC(C)CCCCCCCC. The average molecular weight is 337 g/mol. The molecule has 1 atom stereocenters. The summed E-state index contributed by atoms with van der Waals surface area (Å²) in [7, 11) is 0. The summed E-state index contributed by atoms with van der Waals surface area (Å²) in [5, 5.41) is 0. The Morgan fingerprint density at radius 2 is 0.875 bits per heavy atom. The molecule has 0 aliphatic carbocycles. The molecule has 0 saturated carbocycles. The second-order valence-corrected chi connectivity index (χ2v) is 7.97. The van der Waals surface area contributed by atoms with Crippen LogP contribution in [0.15, 0.2) is 12.2 Å². The molecule has 144 valence electrons. The summed E-state index contributed by atoms with van der Waals surface area (Å²) in [6.45, 7) is 7.05. The van der Waals surface area contributed by atoms with E-state index in [1.165, 1.54) is 116 Å². The Balaban J connectivity index is 3.20. The molecule has 0 aromatic carbocycles. The molecule has 0 radical (unpaired) electrons. The molecule has 1 unspecified atom stereocenters. The molecule has 0 heteroatoms. The van der Waals surface area contributed by atoms with Crippen molar-refractivity contribution in [1.29, 1.82) is 0 Å². The van der Waals surface area contributed by atoms with Crippen molar-refractivity contribution in [2.45, 2.75) is 136 Å². The lowest BCUT2D eigenvalue weighted by Gasteiger charge is -2.10. The fourth-order valence-corrected chi connectivity index (χ4v) is 3.45. The molecule has 0 bridgehead atoms. The Labute approximate surface area is 154 Å². The van der Waals surface area contributed by atoms with Gasteiger partial charge in [-0.2, -0.15) is 0 Å². The molecular formula is C24H48. The van der Waals surface area contributed by atoms with Crippen molar-refractivity contribution in [3.8, 4) is 0 Å². The minimum Gasteiger partial charge on any atom is -0.0885 e. The van der Waals surface area contributed by atoms with Gasteiger partial charge in [0.2, 0.25) is 0 Å². The lowest BCUT2D eigenvalue weighted by molar-refractivity contribution is 0.438. The topological polar surface area (TPSA) is 0 Å². The monoisotopic (exact) mass is 336 g/mol. The van der Waals surface area contributed by atoms with Gasteiger partial charge in [-0.15, -0.1) is 0 Å². The van der Waals surface area contributed by atoms with Gasteiger partial charge in [-0.25, -0.2) is 0 Å². The van der Waals surface area contributed by atoms with E-state index in [9.17, 15) is 0 Å². The highest BCUT2D eigenvalue weighted by molar-refractivity contribution is 4.81. The van der Waals surface area contributed by atoms with Crippen LogP contribution in [0.2, 0.25) is 0 Å². The van der Waals surface area contributed by atoms with Gasteiger partial charge in [0.1, 0.15) is 0 Å². The Morgan fingerprint density at radius 1 is 0.500 bits per heavy atom. The Morgan fingerprint density at radius 3 is 1.42 bits per heavy atom. The van der Waals surface area contributed by atoms with Crippen LogP contribution in [0.1, 0.15) is 136 Å². The predicted molar refractivity (Wildman–Crippen MR) is 113 cm³/mol. The van der Waals surface area contributed by atoms with Crippen LogP contribution < -0.4 is 0 Å². The average Bonchev–Trinajstić information content (AvgIpc) is 2.59. The van der Waals surface area contributed by atoms with Crippen molar-refractivity contribution >= 4 is 0 Å². The lowest BCUT2D eigenvalue weighted by Crippen LogP contribution is -1.95. The standard InChI is InChI=1S/C24H48/c1-4-6-8-10-12-13-14-15-16-17-19-21-23-24(3)22-20-18-11-9-7-5-2/h15-16,24H,4-14,17-23H2,1-3H3. The second kappa shape index (κ2) is 20.8. The highest BCUT2D eigenvalue weighted by Crippen LogP contribution is 2.17. The summed E-state index contributed by atoms with van der Waals surface area (Å²) >= 11 is 0. The van der Waals surface area contributed by atoms with Gasteiger partial charge in [-0.1, -0.05) is 123 Å². The third kappa shape index (κ3) is 19.8. The summed E-state index contributed by atoms with van der Waals surface area (Å²) < 4.78 is 0. The van der Waals surface area contributed by atoms with E-state index in [2.05, 4.69) is 32.9 Å². The van der Waals surface area contributed by atoms with Crippen LogP contribution in [0, 0.1) is 5.92 Å². The van der Waals surface area contributed by atoms with Gasteiger partial charge < -0.3 is 0 Å². The van der Waals surface area contributed by atoms with Crippen LogP contribution in [-0.2, 0) is 0 Å². The molecular weight excluding hydrogens is 288 g/mol. The zero-order valence-corrected chi connectivity index (χ0v) is 17.5. The van der Waals surface area contributed by atoms with Gasteiger partial charge >= 0.3 is 0 Å². The van der Waals surface area contributed by atoms with Crippen molar-refractivity contribution in [2.75, 3.05) is 0 Å². The van der Waals surface area contributed by atoms with Crippen LogP contribution in [-0.4, -0.2) is 0 Å². The van der Waals surface area contributed by atoms with Crippen LogP contribution in [0.5, 0.6) is 0 Å². The minimum absolute atomic E-state index is 0.947. The van der Waals surface area contributed by atoms with Crippen LogP contribution >= 0.6 is 0 Å². The van der Waals surface area contributed by atoms with E-state index in [0.29, 0.717) is 0 Å². The summed E-state index contributed by atoms with van der Waals surface area (Å²) in [4.78, 5) is 0. The van der Waals surface area contributed by atoms with E-state index >= 15 is 0 Å². The summed E-state index contributed by atoms with van der Waals surface area (Å²) in [5.74, 6) is 0.947. The number of hydrogen-bond donors (Lipinski definition) is 0. The first-order valence-electron chi connectivity index (χ1n) is 11.5. The minimum atomic E-state index is 0.947. The quantitative estimate of drug-likeness (QED) is 0.163. The van der Waals surface area contributed by atoms with E-state index < -0.39 is 0 Å². The van der Waals surface area contributed by atoms with Crippen LogP contribution in [0.25, 0.3) is 0 Å². The van der Waals surface area contributed by atoms with Gasteiger partial charge in [0.25, 0.3) is 0 Å². The fraction of sp³-hybridized carbons (Fsp3) is 0.917. The van der Waals surface area contributed by atoms with Crippen molar-refractivity contribution in [1.82, 2.24) is 0 Å². The Kier molecular flexibility index (Phi) is 20.6. The first-order chi connectivity index (χ1) is 11.8. The van der Waals surface area contributed by atoms with E-state index in [1.807, 2.05) is 0 Å². The number of unbranched alkanes of at least 4 members (excludes halogenated alkanes) is 13. The smallest absolute Gasteiger partial charge is 0.0351 e. The molecule has 0 amide bonds. The van der Waals surface area contributed by atoms with Crippen LogP contribution in [0.4, 0.5) is 0 Å². The summed E-state index contributed by atoms with van der Waals surface area (Å²) in [5.41, 5.74) is 0. The number of allylic oxidation sites excluding steroid dienone is 2. The van der Waals surface area contributed by atoms with Crippen molar-refractivity contribution in [2.24, 2.45) is 5.92 Å². The zero-order chi connectivity index (χ0) is 17.7. The van der Waals surface area contributed by atoms with E-state index in [0.717, 1.165) is 5.92 Å². The molecule has 0 saturated heterocycles. The molecule has 0 aliphatic rings. The zero-order valence-electron chi connectivity index (χ0n) is 17.5. The molecule has 24 heavy (non-hydrogen) atoms. The van der Waals surface area contributed by atoms with E-state index in [-0.39, 0.29) is 0 Å². The van der Waals surface area contributed by atoms with Gasteiger partial charge in [0.15, 0.2) is 0 Å². The summed E-state index contributed by atoms with van der Waals surface area (Å²) in [6, 6.07) is 0. The molecule has 0 nitrogen and oxygen atoms in total. The Bertz CT molecular complexity index is 240. The highest BCUT2D eigenvalue weighted by Gasteiger charge is 2.01. The third-order valence-corrected chi connectivity index (χ3v) is 5.26. The van der Waals surface area contributed by atoms with Crippen molar-refractivity contribution in [3.05, 3.63) is 12.2 Å². The maximum absolute atomic E-state index is 2.46. The summed E-state index contributed by atoms with van der Waals surface area (Å²) in [6.07, 6.45) is 30.3. The molecule has 0 aromatic heterocycles. The van der Waals surface area contributed by atoms with Crippen molar-refractivity contribution in [3.63, 3.8) is 0 Å². The normalized spacial score (nSPS) is 13.0. The Hall–Kier alpha value is -0.260. The molecule has 0 N–H and O–H groups in total. The largest absolute Gasteiger partial charge is 0.0885 e. The number of rotatable bonds is 19. The van der Waals surface area contributed by atoms with Gasteiger partial charge in [0.05, 0.1) is 0 Å². The van der Waals surface area contributed by atoms with Gasteiger partial charge in [-0.3, -0.25) is 0 Å². The fourth-order valence-electron chi connectivity index (χ4n) is 3.45. The van der Waals surface area contributed by atoms with Gasteiger partial charge in [0, 0.05) is 0 Å². The maximum atomic E-state index is 2.46. The van der Waals surface area contributed by atoms with Crippen LogP contribution in [0.3, 0.4) is 0 Å². The molecule has 0 spiro atoms. The predicted octanol–water partition coefficient (Wildman–Crippen LogP) is 9.24.